The summed E-state index contributed by atoms with van der Waals surface area (Å²) in [6, 6.07) is -2.19. The SMILES string of the molecule is [B][C@@H]1OC(COS(C)(=O)=O)(COS(C)(=O)=O)[C@@H](OCCCC)[C@H]1N=[N+]=[N-]. The van der Waals surface area contributed by atoms with Gasteiger partial charge in [0.2, 0.25) is 0 Å². The molecule has 1 saturated heterocycles. The molecular weight excluding hydrogens is 389 g/mol. The van der Waals surface area contributed by atoms with Gasteiger partial charge < -0.3 is 9.47 Å². The van der Waals surface area contributed by atoms with Crippen molar-refractivity contribution in [3.05, 3.63) is 10.4 Å². The molecule has 148 valence electrons. The lowest BCUT2D eigenvalue weighted by atomic mass is 9.88. The predicted molar refractivity (Wildman–Crippen MR) is 92.5 cm³/mol. The van der Waals surface area contributed by atoms with Crippen molar-refractivity contribution in [1.29, 1.82) is 0 Å². The van der Waals surface area contributed by atoms with Crippen LogP contribution in [0.25, 0.3) is 10.4 Å². The third-order valence-electron chi connectivity index (χ3n) is 3.55. The summed E-state index contributed by atoms with van der Waals surface area (Å²) < 4.78 is 66.4. The van der Waals surface area contributed by atoms with E-state index in [-0.39, 0.29) is 6.61 Å². The van der Waals surface area contributed by atoms with Gasteiger partial charge in [-0.2, -0.15) is 16.8 Å². The molecule has 0 unspecified atom stereocenters. The van der Waals surface area contributed by atoms with Gasteiger partial charge in [-0.1, -0.05) is 18.5 Å². The van der Waals surface area contributed by atoms with Crippen LogP contribution in [0.4, 0.5) is 0 Å². The predicted octanol–water partition coefficient (Wildman–Crippen LogP) is 0.0666. The molecule has 1 aliphatic rings. The Balaban J connectivity index is 3.22. The fourth-order valence-corrected chi connectivity index (χ4v) is 3.20. The molecule has 1 rings (SSSR count). The van der Waals surface area contributed by atoms with Crippen LogP contribution in [0.2, 0.25) is 0 Å². The Bertz CT molecular complexity index is 687. The number of hydrogen-bond donors (Lipinski definition) is 0. The van der Waals surface area contributed by atoms with Crippen molar-refractivity contribution in [3.63, 3.8) is 0 Å². The summed E-state index contributed by atoms with van der Waals surface area (Å²) in [7, 11) is -1.93. The molecule has 0 aromatic rings. The monoisotopic (exact) mass is 411 g/mol. The zero-order chi connectivity index (χ0) is 20.0. The van der Waals surface area contributed by atoms with Crippen LogP contribution in [0.5, 0.6) is 0 Å². The Kier molecular flexibility index (Phi) is 8.33. The van der Waals surface area contributed by atoms with E-state index in [0.717, 1.165) is 18.9 Å². The van der Waals surface area contributed by atoms with Crippen LogP contribution in [0.1, 0.15) is 19.8 Å². The van der Waals surface area contributed by atoms with Crippen molar-refractivity contribution in [2.24, 2.45) is 5.11 Å². The molecule has 0 N–H and O–H groups in total. The molecule has 0 aromatic carbocycles. The van der Waals surface area contributed by atoms with Gasteiger partial charge in [0.15, 0.2) is 0 Å². The van der Waals surface area contributed by atoms with E-state index in [0.29, 0.717) is 6.42 Å². The second-order valence-electron chi connectivity index (χ2n) is 5.92. The first kappa shape index (κ1) is 23.2. The van der Waals surface area contributed by atoms with Crippen molar-refractivity contribution in [1.82, 2.24) is 0 Å². The second-order valence-corrected chi connectivity index (χ2v) is 9.21. The van der Waals surface area contributed by atoms with E-state index in [9.17, 15) is 16.8 Å². The smallest absolute Gasteiger partial charge is 0.264 e. The average Bonchev–Trinajstić information content (AvgIpc) is 2.76. The fourth-order valence-electron chi connectivity index (χ4n) is 2.37. The van der Waals surface area contributed by atoms with Crippen molar-refractivity contribution in [3.8, 4) is 0 Å². The van der Waals surface area contributed by atoms with Gasteiger partial charge in [0, 0.05) is 17.5 Å². The molecule has 0 amide bonds. The molecule has 1 heterocycles. The molecule has 26 heavy (non-hydrogen) atoms. The van der Waals surface area contributed by atoms with Crippen LogP contribution in [0, 0.1) is 0 Å². The molecule has 14 heteroatoms. The summed E-state index contributed by atoms with van der Waals surface area (Å²) in [5.41, 5.74) is 7.06. The molecule has 3 atom stereocenters. The average molecular weight is 411 g/mol. The van der Waals surface area contributed by atoms with E-state index >= 15 is 0 Å². The summed E-state index contributed by atoms with van der Waals surface area (Å²) in [5.74, 6) is 0. The largest absolute Gasteiger partial charge is 0.375 e. The van der Waals surface area contributed by atoms with Gasteiger partial charge in [0.1, 0.15) is 32.8 Å². The number of unbranched alkanes of at least 4 members (excludes halogenated alkanes) is 1. The van der Waals surface area contributed by atoms with Crippen LogP contribution in [-0.4, -0.2) is 80.8 Å². The van der Waals surface area contributed by atoms with Crippen LogP contribution >= 0.6 is 0 Å². The first-order valence-electron chi connectivity index (χ1n) is 7.72. The van der Waals surface area contributed by atoms with E-state index < -0.39 is 57.2 Å². The standard InChI is InChI=1S/C12H22BN3O8S2/c1-4-5-6-21-10-9(15-16-14)11(13)24-12(10,7-22-25(2,17)18)8-23-26(3,19)20/h9-11H,4-8H2,1-3H3/t9-,10+,11-/m1/s1. The first-order valence-corrected chi connectivity index (χ1v) is 11.4. The summed E-state index contributed by atoms with van der Waals surface area (Å²) in [4.78, 5) is 2.70. The van der Waals surface area contributed by atoms with Gasteiger partial charge in [-0.25, -0.2) is 0 Å². The third kappa shape index (κ3) is 7.03. The Hall–Kier alpha value is -0.885. The van der Waals surface area contributed by atoms with E-state index in [2.05, 4.69) is 10.0 Å². The lowest BCUT2D eigenvalue weighted by molar-refractivity contribution is -0.130. The van der Waals surface area contributed by atoms with Gasteiger partial charge in [0.25, 0.3) is 20.2 Å². The Morgan fingerprint density at radius 1 is 1.19 bits per heavy atom. The molecular formula is C12H22BN3O8S2. The molecule has 0 bridgehead atoms. The zero-order valence-corrected chi connectivity index (χ0v) is 16.4. The van der Waals surface area contributed by atoms with Crippen molar-refractivity contribution >= 4 is 28.1 Å². The molecule has 0 spiro atoms. The highest BCUT2D eigenvalue weighted by molar-refractivity contribution is 7.86. The van der Waals surface area contributed by atoms with Crippen LogP contribution in [0.15, 0.2) is 5.11 Å². The van der Waals surface area contributed by atoms with Crippen molar-refractivity contribution in [2.75, 3.05) is 32.3 Å². The first-order chi connectivity index (χ1) is 11.9. The molecule has 1 aliphatic heterocycles. The Morgan fingerprint density at radius 2 is 1.73 bits per heavy atom. The number of nitrogens with zero attached hydrogens (tertiary/aromatic N) is 3. The van der Waals surface area contributed by atoms with E-state index in [4.69, 9.17) is 31.2 Å². The lowest BCUT2D eigenvalue weighted by Gasteiger charge is -2.33. The molecule has 2 radical (unpaired) electrons. The lowest BCUT2D eigenvalue weighted by Crippen LogP contribution is -2.52. The van der Waals surface area contributed by atoms with E-state index in [1.807, 2.05) is 6.92 Å². The number of azide groups is 1. The maximum Gasteiger partial charge on any atom is 0.264 e. The van der Waals surface area contributed by atoms with E-state index in [1.165, 1.54) is 0 Å². The van der Waals surface area contributed by atoms with Gasteiger partial charge in [-0.3, -0.25) is 8.37 Å². The molecule has 0 saturated carbocycles. The highest BCUT2D eigenvalue weighted by atomic mass is 32.2. The van der Waals surface area contributed by atoms with E-state index in [1.54, 1.807) is 0 Å². The highest BCUT2D eigenvalue weighted by Crippen LogP contribution is 2.36. The van der Waals surface area contributed by atoms with Gasteiger partial charge in [0.05, 0.1) is 18.6 Å². The summed E-state index contributed by atoms with van der Waals surface area (Å²) in [5, 5.41) is 3.54. The molecule has 0 aliphatic carbocycles. The van der Waals surface area contributed by atoms with Gasteiger partial charge >= 0.3 is 0 Å². The number of hydrogen-bond acceptors (Lipinski definition) is 9. The molecule has 1 fully saturated rings. The third-order valence-corrected chi connectivity index (χ3v) is 4.64. The molecule has 0 aromatic heterocycles. The topological polar surface area (TPSA) is 154 Å². The van der Waals surface area contributed by atoms with Crippen molar-refractivity contribution < 1.29 is 34.7 Å². The number of ether oxygens (including phenoxy) is 2. The van der Waals surface area contributed by atoms with Crippen LogP contribution < -0.4 is 0 Å². The highest BCUT2D eigenvalue weighted by Gasteiger charge is 2.55. The summed E-state index contributed by atoms with van der Waals surface area (Å²) in [6.45, 7) is 0.915. The summed E-state index contributed by atoms with van der Waals surface area (Å²) >= 11 is 0. The second kappa shape index (κ2) is 9.35. The maximum absolute atomic E-state index is 11.4. The maximum atomic E-state index is 11.4. The fraction of sp³-hybridized carbons (Fsp3) is 1.00. The normalized spacial score (nSPS) is 25.7. The minimum atomic E-state index is -3.88. The van der Waals surface area contributed by atoms with Gasteiger partial charge in [-0.05, 0) is 12.0 Å². The van der Waals surface area contributed by atoms with Crippen LogP contribution in [-0.2, 0) is 38.1 Å². The zero-order valence-electron chi connectivity index (χ0n) is 14.8. The quantitative estimate of drug-likeness (QED) is 0.116. The minimum Gasteiger partial charge on any atom is -0.375 e. The Morgan fingerprint density at radius 3 is 2.15 bits per heavy atom. The van der Waals surface area contributed by atoms with Crippen molar-refractivity contribution in [2.45, 2.75) is 43.5 Å². The minimum absolute atomic E-state index is 0.230. The summed E-state index contributed by atoms with van der Waals surface area (Å²) in [6.07, 6.45) is 2.04. The molecule has 11 nitrogen and oxygen atoms in total. The van der Waals surface area contributed by atoms with Crippen LogP contribution in [0.3, 0.4) is 0 Å². The Labute approximate surface area is 154 Å². The van der Waals surface area contributed by atoms with Gasteiger partial charge in [-0.15, -0.1) is 0 Å². The number of rotatable bonds is 11.